The smallest absolute Gasteiger partial charge is 0.0269 e. The van der Waals surface area contributed by atoms with Crippen LogP contribution in [0.2, 0.25) is 0 Å². The molecule has 2 aliphatic rings. The molecule has 0 aromatic rings. The summed E-state index contributed by atoms with van der Waals surface area (Å²) in [6.45, 7) is 14.8. The maximum absolute atomic E-state index is 2.51. The van der Waals surface area contributed by atoms with Crippen LogP contribution in [0.1, 0.15) is 54.4 Å². The summed E-state index contributed by atoms with van der Waals surface area (Å²) in [5.41, 5.74) is 1.13. The van der Waals surface area contributed by atoms with Gasteiger partial charge in [0.05, 0.1) is 0 Å². The average Bonchev–Trinajstić information content (AvgIpc) is 2.52. The first kappa shape index (κ1) is 10.5. The minimum atomic E-state index is 0.560. The minimum absolute atomic E-state index is 0.560. The molecule has 2 aliphatic carbocycles. The van der Waals surface area contributed by atoms with Crippen molar-refractivity contribution in [2.24, 2.45) is 34.5 Å². The summed E-state index contributed by atoms with van der Waals surface area (Å²) in [7, 11) is 0. The molecule has 3 unspecified atom stereocenters. The molecule has 0 aromatic carbocycles. The highest BCUT2D eigenvalue weighted by molar-refractivity contribution is 5.10. The largest absolute Gasteiger partial charge is 0.0625 e. The van der Waals surface area contributed by atoms with Gasteiger partial charge < -0.3 is 0 Å². The van der Waals surface area contributed by atoms with E-state index in [9.17, 15) is 0 Å². The molecule has 0 aromatic heterocycles. The monoisotopic (exact) mass is 194 g/mol. The van der Waals surface area contributed by atoms with Crippen LogP contribution in [0.5, 0.6) is 0 Å². The van der Waals surface area contributed by atoms with Gasteiger partial charge in [0, 0.05) is 0 Å². The summed E-state index contributed by atoms with van der Waals surface area (Å²) in [5, 5.41) is 0. The van der Waals surface area contributed by atoms with Crippen molar-refractivity contribution < 1.29 is 0 Å². The van der Waals surface area contributed by atoms with Crippen LogP contribution < -0.4 is 0 Å². The van der Waals surface area contributed by atoms with Crippen LogP contribution in [-0.2, 0) is 0 Å². The lowest BCUT2D eigenvalue weighted by molar-refractivity contribution is -0.00664. The third-order valence-corrected chi connectivity index (χ3v) is 6.08. The maximum Gasteiger partial charge on any atom is -0.0269 e. The zero-order chi connectivity index (χ0) is 10.7. The molecular weight excluding hydrogens is 168 g/mol. The van der Waals surface area contributed by atoms with Gasteiger partial charge in [0.1, 0.15) is 0 Å². The second-order valence-corrected chi connectivity index (χ2v) is 7.13. The van der Waals surface area contributed by atoms with Crippen LogP contribution in [0.4, 0.5) is 0 Å². The second-order valence-electron chi connectivity index (χ2n) is 7.13. The Bertz CT molecular complexity index is 232. The van der Waals surface area contributed by atoms with Gasteiger partial charge in [0.2, 0.25) is 0 Å². The Hall–Kier alpha value is 0. The Kier molecular flexibility index (Phi) is 2.08. The SMILES string of the molecule is CC(C)C1CC2CC1C(C)(C)C2(C)C. The Morgan fingerprint density at radius 2 is 1.50 bits per heavy atom. The first-order valence-electron chi connectivity index (χ1n) is 6.28. The van der Waals surface area contributed by atoms with Crippen LogP contribution in [0.25, 0.3) is 0 Å². The molecule has 3 atom stereocenters. The highest BCUT2D eigenvalue weighted by Crippen LogP contribution is 2.68. The molecule has 0 radical (unpaired) electrons. The lowest BCUT2D eigenvalue weighted by Gasteiger charge is -2.49. The molecular formula is C14H26. The van der Waals surface area contributed by atoms with Gasteiger partial charge >= 0.3 is 0 Å². The molecule has 0 N–H and O–H groups in total. The van der Waals surface area contributed by atoms with Gasteiger partial charge in [-0.25, -0.2) is 0 Å². The topological polar surface area (TPSA) is 0 Å². The lowest BCUT2D eigenvalue weighted by atomic mass is 9.56. The van der Waals surface area contributed by atoms with E-state index < -0.39 is 0 Å². The molecule has 2 bridgehead atoms. The van der Waals surface area contributed by atoms with Gasteiger partial charge in [-0.3, -0.25) is 0 Å². The first-order valence-corrected chi connectivity index (χ1v) is 6.28. The van der Waals surface area contributed by atoms with Gasteiger partial charge in [-0.1, -0.05) is 41.5 Å². The average molecular weight is 194 g/mol. The Balaban J connectivity index is 2.29. The quantitative estimate of drug-likeness (QED) is 0.582. The van der Waals surface area contributed by atoms with Gasteiger partial charge in [-0.15, -0.1) is 0 Å². The molecule has 0 heteroatoms. The number of fused-ring (bicyclic) bond motifs is 2. The second kappa shape index (κ2) is 2.77. The van der Waals surface area contributed by atoms with E-state index in [1.54, 1.807) is 0 Å². The Morgan fingerprint density at radius 1 is 0.929 bits per heavy atom. The van der Waals surface area contributed by atoms with Crippen molar-refractivity contribution in [2.45, 2.75) is 54.4 Å². The van der Waals surface area contributed by atoms with E-state index in [1.165, 1.54) is 12.8 Å². The van der Waals surface area contributed by atoms with Crippen molar-refractivity contribution in [1.82, 2.24) is 0 Å². The van der Waals surface area contributed by atoms with Crippen molar-refractivity contribution in [1.29, 1.82) is 0 Å². The van der Waals surface area contributed by atoms with Gasteiger partial charge in [-0.05, 0) is 47.3 Å². The predicted molar refractivity (Wildman–Crippen MR) is 62.1 cm³/mol. The molecule has 0 saturated heterocycles. The summed E-state index contributed by atoms with van der Waals surface area (Å²) in [6.07, 6.45) is 3.00. The lowest BCUT2D eigenvalue weighted by Crippen LogP contribution is -2.42. The molecule has 0 heterocycles. The van der Waals surface area contributed by atoms with Crippen LogP contribution in [0.15, 0.2) is 0 Å². The first-order chi connectivity index (χ1) is 6.28. The fraction of sp³-hybridized carbons (Fsp3) is 1.00. The highest BCUT2D eigenvalue weighted by Gasteiger charge is 2.61. The van der Waals surface area contributed by atoms with Gasteiger partial charge in [0.25, 0.3) is 0 Å². The molecule has 2 rings (SSSR count). The molecule has 2 saturated carbocycles. The summed E-state index contributed by atoms with van der Waals surface area (Å²) < 4.78 is 0. The third-order valence-electron chi connectivity index (χ3n) is 6.08. The van der Waals surface area contributed by atoms with E-state index in [-0.39, 0.29) is 0 Å². The zero-order valence-corrected chi connectivity index (χ0v) is 10.7. The molecule has 0 nitrogen and oxygen atoms in total. The summed E-state index contributed by atoms with van der Waals surface area (Å²) in [5.74, 6) is 3.88. The van der Waals surface area contributed by atoms with Crippen molar-refractivity contribution >= 4 is 0 Å². The fourth-order valence-corrected chi connectivity index (χ4v) is 4.23. The summed E-state index contributed by atoms with van der Waals surface area (Å²) in [4.78, 5) is 0. The third kappa shape index (κ3) is 1.06. The van der Waals surface area contributed by atoms with E-state index in [0.717, 1.165) is 23.7 Å². The van der Waals surface area contributed by atoms with E-state index in [1.807, 2.05) is 0 Å². The van der Waals surface area contributed by atoms with Gasteiger partial charge in [0.15, 0.2) is 0 Å². The molecule has 2 fully saturated rings. The standard InChI is InChI=1S/C14H26/c1-9(2)11-7-10-8-12(11)14(5,6)13(10,3)4/h9-12H,7-8H2,1-6H3. The van der Waals surface area contributed by atoms with Gasteiger partial charge in [-0.2, -0.15) is 0 Å². The van der Waals surface area contributed by atoms with Crippen LogP contribution in [0, 0.1) is 34.5 Å². The van der Waals surface area contributed by atoms with E-state index >= 15 is 0 Å². The number of hydrogen-bond acceptors (Lipinski definition) is 0. The maximum atomic E-state index is 2.51. The van der Waals surface area contributed by atoms with E-state index in [2.05, 4.69) is 41.5 Å². The van der Waals surface area contributed by atoms with Crippen LogP contribution in [-0.4, -0.2) is 0 Å². The van der Waals surface area contributed by atoms with E-state index in [4.69, 9.17) is 0 Å². The number of hydrogen-bond donors (Lipinski definition) is 0. The summed E-state index contributed by atoms with van der Waals surface area (Å²) >= 11 is 0. The van der Waals surface area contributed by atoms with Crippen molar-refractivity contribution in [3.63, 3.8) is 0 Å². The zero-order valence-electron chi connectivity index (χ0n) is 10.7. The highest BCUT2D eigenvalue weighted by atomic mass is 14.7. The molecule has 0 spiro atoms. The Morgan fingerprint density at radius 3 is 1.86 bits per heavy atom. The molecule has 14 heavy (non-hydrogen) atoms. The van der Waals surface area contributed by atoms with Crippen molar-refractivity contribution in [3.8, 4) is 0 Å². The normalized spacial score (nSPS) is 43.5. The van der Waals surface area contributed by atoms with Crippen molar-refractivity contribution in [2.75, 3.05) is 0 Å². The fourth-order valence-electron chi connectivity index (χ4n) is 4.23. The van der Waals surface area contributed by atoms with Crippen LogP contribution >= 0.6 is 0 Å². The predicted octanol–water partition coefficient (Wildman–Crippen LogP) is 4.35. The number of rotatable bonds is 1. The molecule has 0 amide bonds. The van der Waals surface area contributed by atoms with Crippen LogP contribution in [0.3, 0.4) is 0 Å². The van der Waals surface area contributed by atoms with Crippen molar-refractivity contribution in [3.05, 3.63) is 0 Å². The van der Waals surface area contributed by atoms with E-state index in [0.29, 0.717) is 10.8 Å². The Labute approximate surface area is 89.5 Å². The molecule has 82 valence electrons. The molecule has 0 aliphatic heterocycles. The summed E-state index contributed by atoms with van der Waals surface area (Å²) in [6, 6.07) is 0. The minimum Gasteiger partial charge on any atom is -0.0625 e.